The Morgan fingerprint density at radius 1 is 1.03 bits per heavy atom. The van der Waals surface area contributed by atoms with Crippen molar-refractivity contribution in [3.05, 3.63) is 48.2 Å². The first-order valence-corrected chi connectivity index (χ1v) is 11.7. The maximum Gasteiger partial charge on any atom is 0.410 e. The van der Waals surface area contributed by atoms with Crippen LogP contribution in [0, 0.1) is 5.92 Å². The molecule has 2 aliphatic rings. The molecule has 0 saturated carbocycles. The average molecular weight is 452 g/mol. The van der Waals surface area contributed by atoms with Gasteiger partial charge in [0.05, 0.1) is 5.92 Å². The van der Waals surface area contributed by atoms with Crippen LogP contribution in [0.3, 0.4) is 0 Å². The van der Waals surface area contributed by atoms with Gasteiger partial charge in [-0.2, -0.15) is 5.10 Å². The quantitative estimate of drug-likeness (QED) is 0.754. The summed E-state index contributed by atoms with van der Waals surface area (Å²) in [5.41, 5.74) is 1.58. The minimum atomic E-state index is -0.472. The highest BCUT2D eigenvalue weighted by Crippen LogP contribution is 2.30. The molecule has 0 bridgehead atoms. The van der Waals surface area contributed by atoms with Crippen LogP contribution in [0.25, 0.3) is 0 Å². The third kappa shape index (κ3) is 6.00. The van der Waals surface area contributed by atoms with Crippen LogP contribution in [-0.2, 0) is 9.53 Å². The summed E-state index contributed by atoms with van der Waals surface area (Å²) < 4.78 is 5.48. The molecule has 0 aliphatic carbocycles. The van der Waals surface area contributed by atoms with Crippen molar-refractivity contribution in [3.63, 3.8) is 0 Å². The second-order valence-corrected chi connectivity index (χ2v) is 9.87. The van der Waals surface area contributed by atoms with Crippen LogP contribution in [0.4, 0.5) is 16.3 Å². The first kappa shape index (κ1) is 23.0. The largest absolute Gasteiger partial charge is 0.444 e. The van der Waals surface area contributed by atoms with Crippen LogP contribution in [0.15, 0.2) is 42.6 Å². The summed E-state index contributed by atoms with van der Waals surface area (Å²) in [5.74, 6) is 1.20. The second kappa shape index (κ2) is 9.77. The lowest BCUT2D eigenvalue weighted by Crippen LogP contribution is -2.41. The summed E-state index contributed by atoms with van der Waals surface area (Å²) in [6, 6.07) is 11.9. The Morgan fingerprint density at radius 3 is 2.39 bits per heavy atom. The van der Waals surface area contributed by atoms with E-state index in [9.17, 15) is 9.59 Å². The molecular formula is C25H33N5O3. The summed E-state index contributed by atoms with van der Waals surface area (Å²) in [6.45, 7) is 8.51. The molecule has 8 nitrogen and oxygen atoms in total. The van der Waals surface area contributed by atoms with Crippen LogP contribution in [0.1, 0.15) is 51.5 Å². The Bertz CT molecular complexity index is 950. The van der Waals surface area contributed by atoms with E-state index in [0.717, 1.165) is 37.3 Å². The Morgan fingerprint density at radius 2 is 1.76 bits per heavy atom. The molecule has 8 heteroatoms. The Kier molecular flexibility index (Phi) is 6.81. The molecule has 1 unspecified atom stereocenters. The van der Waals surface area contributed by atoms with E-state index < -0.39 is 5.60 Å². The molecule has 1 aromatic heterocycles. The Labute approximate surface area is 195 Å². The topological polar surface area (TPSA) is 87.7 Å². The number of likely N-dealkylation sites (tertiary alicyclic amines) is 1. The predicted octanol–water partition coefficient (Wildman–Crippen LogP) is 4.06. The number of ether oxygens (including phenoxy) is 1. The smallest absolute Gasteiger partial charge is 0.410 e. The van der Waals surface area contributed by atoms with Crippen molar-refractivity contribution in [3.8, 4) is 0 Å². The van der Waals surface area contributed by atoms with Crippen LogP contribution >= 0.6 is 0 Å². The zero-order chi connectivity index (χ0) is 23.4. The summed E-state index contributed by atoms with van der Waals surface area (Å²) in [5, 5.41) is 11.1. The fourth-order valence-corrected chi connectivity index (χ4v) is 4.45. The van der Waals surface area contributed by atoms with Gasteiger partial charge in [0.15, 0.2) is 5.82 Å². The van der Waals surface area contributed by atoms with Gasteiger partial charge in [-0.05, 0) is 75.8 Å². The Hall–Kier alpha value is -3.16. The highest BCUT2D eigenvalue weighted by atomic mass is 16.6. The van der Waals surface area contributed by atoms with Crippen molar-refractivity contribution in [1.29, 1.82) is 0 Å². The van der Waals surface area contributed by atoms with Gasteiger partial charge in [0.25, 0.3) is 0 Å². The van der Waals surface area contributed by atoms with Gasteiger partial charge in [0.1, 0.15) is 5.60 Å². The zero-order valence-electron chi connectivity index (χ0n) is 19.7. The molecule has 0 radical (unpaired) electrons. The molecule has 3 heterocycles. The molecule has 1 N–H and O–H groups in total. The molecule has 2 aliphatic heterocycles. The highest BCUT2D eigenvalue weighted by Gasteiger charge is 2.30. The van der Waals surface area contributed by atoms with E-state index in [2.05, 4.69) is 32.5 Å². The summed E-state index contributed by atoms with van der Waals surface area (Å²) in [6.07, 6.45) is 4.04. The molecule has 0 spiro atoms. The number of nitrogens with one attached hydrogen (secondary N) is 1. The maximum absolute atomic E-state index is 12.8. The van der Waals surface area contributed by atoms with E-state index in [1.807, 2.05) is 45.0 Å². The van der Waals surface area contributed by atoms with E-state index in [4.69, 9.17) is 4.74 Å². The monoisotopic (exact) mass is 451 g/mol. The lowest BCUT2D eigenvalue weighted by atomic mass is 9.89. The third-order valence-electron chi connectivity index (χ3n) is 6.24. The predicted molar refractivity (Wildman–Crippen MR) is 127 cm³/mol. The molecule has 33 heavy (non-hydrogen) atoms. The molecule has 2 aromatic rings. The second-order valence-electron chi connectivity index (χ2n) is 9.87. The van der Waals surface area contributed by atoms with Gasteiger partial charge in [-0.15, -0.1) is 5.10 Å². The number of carbonyl (C=O) groups excluding carboxylic acids is 2. The molecule has 1 atom stereocenters. The molecular weight excluding hydrogens is 418 g/mol. The van der Waals surface area contributed by atoms with Crippen molar-refractivity contribution in [2.24, 2.45) is 5.92 Å². The number of aromatic nitrogens is 2. The fraction of sp³-hybridized carbons (Fsp3) is 0.520. The summed E-state index contributed by atoms with van der Waals surface area (Å²) >= 11 is 0. The lowest BCUT2D eigenvalue weighted by molar-refractivity contribution is -0.119. The van der Waals surface area contributed by atoms with E-state index in [-0.39, 0.29) is 17.9 Å². The number of benzene rings is 1. The van der Waals surface area contributed by atoms with Crippen molar-refractivity contribution in [2.75, 3.05) is 36.4 Å². The van der Waals surface area contributed by atoms with Gasteiger partial charge in [-0.3, -0.25) is 4.79 Å². The highest BCUT2D eigenvalue weighted by molar-refractivity contribution is 5.93. The maximum atomic E-state index is 12.8. The van der Waals surface area contributed by atoms with Crippen LogP contribution in [-0.4, -0.2) is 58.9 Å². The molecule has 2 amide bonds. The van der Waals surface area contributed by atoms with Gasteiger partial charge in [-0.1, -0.05) is 12.1 Å². The average Bonchev–Trinajstić information content (AvgIpc) is 3.30. The Balaban J connectivity index is 1.26. The normalized spacial score (nSPS) is 19.4. The summed E-state index contributed by atoms with van der Waals surface area (Å²) in [4.78, 5) is 28.9. The van der Waals surface area contributed by atoms with Crippen molar-refractivity contribution in [1.82, 2.24) is 15.1 Å². The standard InChI is InChI=1S/C25H33N5O3/c1-25(2,3)33-24(32)29-14-10-19(11-15-29)18-6-8-21(9-7-18)27-23(31)20-12-16-30(17-20)22-5-4-13-26-28-22/h4-9,13,19-20H,10-12,14-17H2,1-3H3,(H,27,31). The lowest BCUT2D eigenvalue weighted by Gasteiger charge is -2.33. The number of carbonyl (C=O) groups is 2. The van der Waals surface area contributed by atoms with Crippen molar-refractivity contribution >= 4 is 23.5 Å². The van der Waals surface area contributed by atoms with Gasteiger partial charge in [0.2, 0.25) is 5.91 Å². The van der Waals surface area contributed by atoms with Gasteiger partial charge >= 0.3 is 6.09 Å². The van der Waals surface area contributed by atoms with Gasteiger partial charge < -0.3 is 19.9 Å². The van der Waals surface area contributed by atoms with Crippen molar-refractivity contribution < 1.29 is 14.3 Å². The fourth-order valence-electron chi connectivity index (χ4n) is 4.45. The van der Waals surface area contributed by atoms with Gasteiger partial charge in [0, 0.05) is 38.1 Å². The minimum absolute atomic E-state index is 0.0415. The summed E-state index contributed by atoms with van der Waals surface area (Å²) in [7, 11) is 0. The third-order valence-corrected chi connectivity index (χ3v) is 6.24. The SMILES string of the molecule is CC(C)(C)OC(=O)N1CCC(c2ccc(NC(=O)C3CCN(c4cccnn4)C3)cc2)CC1. The van der Waals surface area contributed by atoms with Gasteiger partial charge in [-0.25, -0.2) is 4.79 Å². The van der Waals surface area contributed by atoms with Crippen molar-refractivity contribution in [2.45, 2.75) is 51.6 Å². The number of hydrogen-bond donors (Lipinski definition) is 1. The number of hydrogen-bond acceptors (Lipinski definition) is 6. The van der Waals surface area contributed by atoms with E-state index in [1.54, 1.807) is 11.1 Å². The molecule has 4 rings (SSSR count). The van der Waals surface area contributed by atoms with Crippen LogP contribution in [0.5, 0.6) is 0 Å². The molecule has 176 valence electrons. The first-order valence-electron chi connectivity index (χ1n) is 11.7. The molecule has 2 saturated heterocycles. The minimum Gasteiger partial charge on any atom is -0.444 e. The number of nitrogens with zero attached hydrogens (tertiary/aromatic N) is 4. The van der Waals surface area contributed by atoms with Crippen LogP contribution in [0.2, 0.25) is 0 Å². The molecule has 1 aromatic carbocycles. The number of rotatable bonds is 4. The number of anilines is 2. The van der Waals surface area contributed by atoms with E-state index >= 15 is 0 Å². The number of piperidine rings is 1. The molecule has 2 fully saturated rings. The number of amides is 2. The first-order chi connectivity index (χ1) is 15.8. The van der Waals surface area contributed by atoms with E-state index in [1.165, 1.54) is 5.56 Å². The van der Waals surface area contributed by atoms with E-state index in [0.29, 0.717) is 25.6 Å². The zero-order valence-corrected chi connectivity index (χ0v) is 19.7. The van der Waals surface area contributed by atoms with Crippen LogP contribution < -0.4 is 10.2 Å².